The molecule has 1 atom stereocenters. The van der Waals surface area contributed by atoms with Gasteiger partial charge >= 0.3 is 0 Å². The lowest BCUT2D eigenvalue weighted by molar-refractivity contribution is 0.0945. The molecule has 0 bridgehead atoms. The zero-order valence-electron chi connectivity index (χ0n) is 13.7. The Morgan fingerprint density at radius 2 is 2.00 bits per heavy atom. The number of aromatic nitrogens is 2. The molecular formula is C17H20N4O3S. The largest absolute Gasteiger partial charge is 0.347 e. The van der Waals surface area contributed by atoms with Gasteiger partial charge in [0.2, 0.25) is 10.0 Å². The number of amides is 1. The summed E-state index contributed by atoms with van der Waals surface area (Å²) in [5.41, 5.74) is 2.28. The monoisotopic (exact) mass is 360 g/mol. The highest BCUT2D eigenvalue weighted by molar-refractivity contribution is 7.90. The Hall–Kier alpha value is -2.19. The number of carbonyl (C=O) groups is 1. The van der Waals surface area contributed by atoms with Crippen LogP contribution in [0.1, 0.15) is 34.6 Å². The molecule has 1 aromatic carbocycles. The van der Waals surface area contributed by atoms with Crippen molar-refractivity contribution in [2.45, 2.75) is 43.6 Å². The van der Waals surface area contributed by atoms with Gasteiger partial charge in [0, 0.05) is 24.7 Å². The van der Waals surface area contributed by atoms with Crippen molar-refractivity contribution in [1.82, 2.24) is 19.8 Å². The second kappa shape index (κ2) is 6.27. The zero-order chi connectivity index (χ0) is 17.4. The highest BCUT2D eigenvalue weighted by Gasteiger charge is 2.38. The Morgan fingerprint density at radius 3 is 2.68 bits per heavy atom. The lowest BCUT2D eigenvalue weighted by atomic mass is 10.2. The molecule has 2 aliphatic rings. The first kappa shape index (κ1) is 16.3. The molecule has 1 amide bonds. The standard InChI is InChI=1S/C17H20N4O3S/c22-17(18-10-12-4-2-1-3-5-12)16-9-14-8-13(11-21(14)19-16)20-25(23,24)15-6-7-15/h1-5,9,13,15,20H,6-8,10-11H2,(H,18,22)/t13-/m0/s1. The molecule has 8 heteroatoms. The SMILES string of the molecule is O=C(NCc1ccccc1)c1cc2n(n1)C[C@@H](NS(=O)(=O)C1CC1)C2. The number of sulfonamides is 1. The van der Waals surface area contributed by atoms with Crippen molar-refractivity contribution in [3.05, 3.63) is 53.3 Å². The Morgan fingerprint density at radius 1 is 1.24 bits per heavy atom. The predicted octanol–water partition coefficient (Wildman–Crippen LogP) is 0.820. The second-order valence-electron chi connectivity index (χ2n) is 6.63. The van der Waals surface area contributed by atoms with Crippen LogP contribution in [0.4, 0.5) is 0 Å². The molecule has 0 radical (unpaired) electrons. The van der Waals surface area contributed by atoms with E-state index in [9.17, 15) is 13.2 Å². The van der Waals surface area contributed by atoms with Crippen LogP contribution in [0.3, 0.4) is 0 Å². The molecule has 1 aliphatic heterocycles. The normalized spacial score (nSPS) is 19.6. The van der Waals surface area contributed by atoms with E-state index in [2.05, 4.69) is 15.1 Å². The summed E-state index contributed by atoms with van der Waals surface area (Å²) in [5, 5.41) is 6.94. The number of benzene rings is 1. The molecule has 4 rings (SSSR count). The average molecular weight is 360 g/mol. The number of hydrogen-bond acceptors (Lipinski definition) is 4. The number of nitrogens with one attached hydrogen (secondary N) is 2. The lowest BCUT2D eigenvalue weighted by Crippen LogP contribution is -2.38. The highest BCUT2D eigenvalue weighted by atomic mass is 32.2. The molecule has 1 saturated carbocycles. The van der Waals surface area contributed by atoms with Gasteiger partial charge in [0.25, 0.3) is 5.91 Å². The molecule has 2 aromatic rings. The van der Waals surface area contributed by atoms with E-state index in [0.29, 0.717) is 25.2 Å². The number of fused-ring (bicyclic) bond motifs is 1. The minimum absolute atomic E-state index is 0.172. The van der Waals surface area contributed by atoms with Crippen molar-refractivity contribution >= 4 is 15.9 Å². The third-order valence-corrected chi connectivity index (χ3v) is 6.55. The maximum absolute atomic E-state index is 12.2. The molecule has 1 fully saturated rings. The van der Waals surface area contributed by atoms with Crippen LogP contribution >= 0.6 is 0 Å². The Kier molecular flexibility index (Phi) is 4.09. The summed E-state index contributed by atoms with van der Waals surface area (Å²) < 4.78 is 28.5. The van der Waals surface area contributed by atoms with Crippen molar-refractivity contribution in [1.29, 1.82) is 0 Å². The Bertz CT molecular complexity index is 864. The van der Waals surface area contributed by atoms with E-state index >= 15 is 0 Å². The lowest BCUT2D eigenvalue weighted by Gasteiger charge is -2.11. The molecule has 0 unspecified atom stereocenters. The molecule has 1 aromatic heterocycles. The second-order valence-corrected chi connectivity index (χ2v) is 8.63. The minimum Gasteiger partial charge on any atom is -0.347 e. The molecule has 1 aliphatic carbocycles. The van der Waals surface area contributed by atoms with E-state index in [1.807, 2.05) is 30.3 Å². The quantitative estimate of drug-likeness (QED) is 0.798. The van der Waals surface area contributed by atoms with Crippen molar-refractivity contribution in [3.8, 4) is 0 Å². The van der Waals surface area contributed by atoms with Crippen LogP contribution in [0.15, 0.2) is 36.4 Å². The van der Waals surface area contributed by atoms with Gasteiger partial charge < -0.3 is 5.32 Å². The third-order valence-electron chi connectivity index (χ3n) is 4.53. The number of nitrogens with zero attached hydrogens (tertiary/aromatic N) is 2. The highest BCUT2D eigenvalue weighted by Crippen LogP contribution is 2.28. The van der Waals surface area contributed by atoms with Crippen molar-refractivity contribution in [2.24, 2.45) is 0 Å². The molecule has 2 heterocycles. The van der Waals surface area contributed by atoms with Gasteiger partial charge in [0.05, 0.1) is 11.8 Å². The first-order valence-electron chi connectivity index (χ1n) is 8.41. The summed E-state index contributed by atoms with van der Waals surface area (Å²) in [4.78, 5) is 12.2. The molecule has 132 valence electrons. The summed E-state index contributed by atoms with van der Waals surface area (Å²) >= 11 is 0. The summed E-state index contributed by atoms with van der Waals surface area (Å²) in [7, 11) is -3.20. The van der Waals surface area contributed by atoms with Crippen LogP contribution in [-0.2, 0) is 29.5 Å². The summed E-state index contributed by atoms with van der Waals surface area (Å²) in [5.74, 6) is -0.221. The van der Waals surface area contributed by atoms with Gasteiger partial charge in [-0.15, -0.1) is 0 Å². The Labute approximate surface area is 146 Å². The molecule has 0 spiro atoms. The fourth-order valence-electron chi connectivity index (χ4n) is 3.07. The molecule has 7 nitrogen and oxygen atoms in total. The molecule has 0 saturated heterocycles. The van der Waals surface area contributed by atoms with E-state index in [1.165, 1.54) is 0 Å². The van der Waals surface area contributed by atoms with Crippen LogP contribution < -0.4 is 10.0 Å². The van der Waals surface area contributed by atoms with E-state index in [4.69, 9.17) is 0 Å². The van der Waals surface area contributed by atoms with Crippen LogP contribution in [0, 0.1) is 0 Å². The summed E-state index contributed by atoms with van der Waals surface area (Å²) in [6.07, 6.45) is 2.06. The number of rotatable bonds is 6. The van der Waals surface area contributed by atoms with Crippen LogP contribution in [0.2, 0.25) is 0 Å². The van der Waals surface area contributed by atoms with Crippen LogP contribution in [0.25, 0.3) is 0 Å². The zero-order valence-corrected chi connectivity index (χ0v) is 14.5. The Balaban J connectivity index is 1.35. The van der Waals surface area contributed by atoms with Gasteiger partial charge in [-0.25, -0.2) is 13.1 Å². The van der Waals surface area contributed by atoms with E-state index in [0.717, 1.165) is 24.1 Å². The van der Waals surface area contributed by atoms with E-state index < -0.39 is 10.0 Å². The van der Waals surface area contributed by atoms with Gasteiger partial charge in [-0.05, 0) is 24.5 Å². The topological polar surface area (TPSA) is 93.1 Å². The first-order chi connectivity index (χ1) is 12.0. The predicted molar refractivity (Wildman–Crippen MR) is 92.4 cm³/mol. The number of carbonyl (C=O) groups excluding carboxylic acids is 1. The minimum atomic E-state index is -3.20. The molecule has 2 N–H and O–H groups in total. The van der Waals surface area contributed by atoms with Crippen molar-refractivity contribution in [3.63, 3.8) is 0 Å². The van der Waals surface area contributed by atoms with Gasteiger partial charge in [-0.1, -0.05) is 30.3 Å². The maximum atomic E-state index is 12.2. The molecule has 25 heavy (non-hydrogen) atoms. The van der Waals surface area contributed by atoms with Gasteiger partial charge in [0.15, 0.2) is 0 Å². The summed E-state index contributed by atoms with van der Waals surface area (Å²) in [6, 6.07) is 11.2. The average Bonchev–Trinajstić information content (AvgIpc) is 3.29. The summed E-state index contributed by atoms with van der Waals surface area (Å²) in [6.45, 7) is 0.916. The van der Waals surface area contributed by atoms with Crippen molar-refractivity contribution < 1.29 is 13.2 Å². The van der Waals surface area contributed by atoms with E-state index in [1.54, 1.807) is 10.7 Å². The number of hydrogen-bond donors (Lipinski definition) is 2. The van der Waals surface area contributed by atoms with E-state index in [-0.39, 0.29) is 17.2 Å². The van der Waals surface area contributed by atoms with Crippen LogP contribution in [-0.4, -0.2) is 35.4 Å². The van der Waals surface area contributed by atoms with Crippen molar-refractivity contribution in [2.75, 3.05) is 0 Å². The van der Waals surface area contributed by atoms with Gasteiger partial charge in [0.1, 0.15) is 5.69 Å². The van der Waals surface area contributed by atoms with Gasteiger partial charge in [-0.2, -0.15) is 5.10 Å². The first-order valence-corrected chi connectivity index (χ1v) is 9.96. The maximum Gasteiger partial charge on any atom is 0.272 e. The third kappa shape index (κ3) is 3.59. The van der Waals surface area contributed by atoms with Gasteiger partial charge in [-0.3, -0.25) is 9.48 Å². The van der Waals surface area contributed by atoms with Crippen LogP contribution in [0.5, 0.6) is 0 Å². The smallest absolute Gasteiger partial charge is 0.272 e. The molecular weight excluding hydrogens is 340 g/mol. The fraction of sp³-hybridized carbons (Fsp3) is 0.412. The fourth-order valence-corrected chi connectivity index (χ4v) is 4.64.